The van der Waals surface area contributed by atoms with E-state index in [0.717, 1.165) is 17.4 Å². The Balaban J connectivity index is 1.63. The molecule has 0 aliphatic carbocycles. The normalized spacial score (nSPS) is 12.2. The Morgan fingerprint density at radius 3 is 2.45 bits per heavy atom. The van der Waals surface area contributed by atoms with Crippen molar-refractivity contribution in [3.8, 4) is 17.4 Å². The van der Waals surface area contributed by atoms with E-state index in [4.69, 9.17) is 21.1 Å². The summed E-state index contributed by atoms with van der Waals surface area (Å²) in [5.74, 6) is -0.793. The smallest absolute Gasteiger partial charge is 0.349 e. The molecule has 0 fully saturated rings. The van der Waals surface area contributed by atoms with E-state index in [0.29, 0.717) is 17.2 Å². The van der Waals surface area contributed by atoms with Gasteiger partial charge in [-0.15, -0.1) is 0 Å². The van der Waals surface area contributed by atoms with Gasteiger partial charge in [-0.2, -0.15) is 0 Å². The summed E-state index contributed by atoms with van der Waals surface area (Å²) in [6.45, 7) is 6.94. The molecule has 1 amide bonds. The van der Waals surface area contributed by atoms with Crippen LogP contribution in [0.5, 0.6) is 17.4 Å². The van der Waals surface area contributed by atoms with Gasteiger partial charge in [0.15, 0.2) is 17.1 Å². The summed E-state index contributed by atoms with van der Waals surface area (Å²) < 4.78 is 24.8. The molecule has 0 spiro atoms. The van der Waals surface area contributed by atoms with Gasteiger partial charge in [-0.1, -0.05) is 32.4 Å². The van der Waals surface area contributed by atoms with Gasteiger partial charge in [-0.3, -0.25) is 20.2 Å². The van der Waals surface area contributed by atoms with Crippen molar-refractivity contribution >= 4 is 39.0 Å². The van der Waals surface area contributed by atoms with Gasteiger partial charge in [0.1, 0.15) is 17.2 Å². The van der Waals surface area contributed by atoms with Gasteiger partial charge in [-0.05, 0) is 48.6 Å². The van der Waals surface area contributed by atoms with Crippen LogP contribution in [0.1, 0.15) is 33.4 Å². The summed E-state index contributed by atoms with van der Waals surface area (Å²) in [4.78, 5) is 31.3. The molecule has 0 aliphatic heterocycles. The van der Waals surface area contributed by atoms with Crippen LogP contribution in [-0.2, 0) is 10.2 Å². The van der Waals surface area contributed by atoms with Crippen LogP contribution in [0.3, 0.4) is 0 Å². The summed E-state index contributed by atoms with van der Waals surface area (Å²) in [7, 11) is 0. The first-order chi connectivity index (χ1) is 15.4. The summed E-state index contributed by atoms with van der Waals surface area (Å²) in [6, 6.07) is 7.21. The van der Waals surface area contributed by atoms with Gasteiger partial charge < -0.3 is 9.47 Å². The van der Waals surface area contributed by atoms with E-state index in [-0.39, 0.29) is 21.0 Å². The minimum Gasteiger partial charge on any atom is -0.481 e. The Kier molecular flexibility index (Phi) is 7.13. The van der Waals surface area contributed by atoms with Crippen molar-refractivity contribution in [2.24, 2.45) is 0 Å². The molecule has 2 heterocycles. The number of carbonyl (C=O) groups is 1. The van der Waals surface area contributed by atoms with Gasteiger partial charge >= 0.3 is 5.00 Å². The second kappa shape index (κ2) is 9.67. The summed E-state index contributed by atoms with van der Waals surface area (Å²) in [6.07, 6.45) is 0.340. The number of ether oxygens (including phenoxy) is 2. The fourth-order valence-corrected chi connectivity index (χ4v) is 3.76. The van der Waals surface area contributed by atoms with Crippen LogP contribution in [-0.4, -0.2) is 26.9 Å². The number of thiazole rings is 1. The van der Waals surface area contributed by atoms with Crippen molar-refractivity contribution in [2.75, 3.05) is 5.32 Å². The first-order valence-electron chi connectivity index (χ1n) is 9.66. The maximum absolute atomic E-state index is 13.8. The Hall–Kier alpha value is -3.31. The van der Waals surface area contributed by atoms with E-state index in [1.807, 2.05) is 0 Å². The molecule has 1 N–H and O–H groups in total. The van der Waals surface area contributed by atoms with Crippen LogP contribution in [0.2, 0.25) is 5.02 Å². The number of anilines is 1. The second-order valence-corrected chi connectivity index (χ2v) is 9.36. The number of nitro groups is 1. The fourth-order valence-electron chi connectivity index (χ4n) is 2.62. The van der Waals surface area contributed by atoms with Crippen molar-refractivity contribution in [1.82, 2.24) is 9.97 Å². The van der Waals surface area contributed by atoms with Crippen LogP contribution >= 0.6 is 22.9 Å². The maximum atomic E-state index is 13.8. The van der Waals surface area contributed by atoms with E-state index >= 15 is 0 Å². The van der Waals surface area contributed by atoms with Crippen LogP contribution in [0.15, 0.2) is 36.5 Å². The molecule has 0 saturated carbocycles. The van der Waals surface area contributed by atoms with Crippen molar-refractivity contribution < 1.29 is 23.6 Å². The maximum Gasteiger partial charge on any atom is 0.349 e. The molecule has 1 aromatic carbocycles. The third-order valence-corrected chi connectivity index (χ3v) is 5.34. The van der Waals surface area contributed by atoms with E-state index in [9.17, 15) is 19.3 Å². The molecular weight excluding hydrogens is 475 g/mol. The highest BCUT2D eigenvalue weighted by atomic mass is 35.5. The molecule has 0 aliphatic rings. The molecular formula is C21H20ClFN4O5S. The number of nitrogens with one attached hydrogen (secondary N) is 1. The van der Waals surface area contributed by atoms with Gasteiger partial charge in [0.2, 0.25) is 0 Å². The highest BCUT2D eigenvalue weighted by molar-refractivity contribution is 7.19. The van der Waals surface area contributed by atoms with Gasteiger partial charge in [0.25, 0.3) is 11.8 Å². The SMILES string of the molecule is C[C@@H](Oc1ccc(Oc2ncc(Cl)cc2F)cc1)C(=O)Nc1nc(C(C)(C)C)c([N+](=O)[O-])s1. The molecule has 0 unspecified atom stereocenters. The number of amides is 1. The summed E-state index contributed by atoms with van der Waals surface area (Å²) in [5, 5.41) is 14.0. The number of hydrogen-bond donors (Lipinski definition) is 1. The number of carbonyl (C=O) groups excluding carboxylic acids is 1. The molecule has 0 radical (unpaired) electrons. The molecule has 2 aromatic heterocycles. The standard InChI is InChI=1S/C21H20ClFN4O5S/c1-11(17(28)26-20-25-16(21(2,3)4)19(33-20)27(29)30)31-13-5-7-14(8-6-13)32-18-15(23)9-12(22)10-24-18/h5-11H,1-4H3,(H,25,26,28)/t11-/m1/s1. The van der Waals surface area contributed by atoms with E-state index in [2.05, 4.69) is 15.3 Å². The molecule has 3 rings (SSSR count). The Morgan fingerprint density at radius 2 is 1.91 bits per heavy atom. The third-order valence-electron chi connectivity index (χ3n) is 4.21. The van der Waals surface area contributed by atoms with Gasteiger partial charge in [0, 0.05) is 11.6 Å². The zero-order chi connectivity index (χ0) is 24.3. The largest absolute Gasteiger partial charge is 0.481 e. The molecule has 0 saturated heterocycles. The van der Waals surface area contributed by atoms with Gasteiger partial charge in [0.05, 0.1) is 9.95 Å². The number of nitrogens with zero attached hydrogens (tertiary/aromatic N) is 3. The lowest BCUT2D eigenvalue weighted by atomic mass is 9.93. The first-order valence-corrected chi connectivity index (χ1v) is 10.9. The number of benzene rings is 1. The average molecular weight is 495 g/mol. The number of pyridine rings is 1. The minimum absolute atomic E-state index is 0.117. The molecule has 1 atom stereocenters. The zero-order valence-electron chi connectivity index (χ0n) is 18.1. The lowest BCUT2D eigenvalue weighted by molar-refractivity contribution is -0.381. The van der Waals surface area contributed by atoms with Crippen molar-refractivity contribution in [3.63, 3.8) is 0 Å². The highest BCUT2D eigenvalue weighted by Gasteiger charge is 2.31. The third kappa shape index (κ3) is 6.14. The van der Waals surface area contributed by atoms with Crippen LogP contribution < -0.4 is 14.8 Å². The van der Waals surface area contributed by atoms with E-state index in [1.54, 1.807) is 32.9 Å². The summed E-state index contributed by atoms with van der Waals surface area (Å²) in [5.41, 5.74) is -0.262. The Bertz CT molecular complexity index is 1180. The number of hydrogen-bond acceptors (Lipinski definition) is 8. The average Bonchev–Trinajstić information content (AvgIpc) is 3.16. The van der Waals surface area contributed by atoms with Crippen molar-refractivity contribution in [1.29, 1.82) is 0 Å². The summed E-state index contributed by atoms with van der Waals surface area (Å²) >= 11 is 6.46. The fraction of sp³-hybridized carbons (Fsp3) is 0.286. The number of halogens is 2. The monoisotopic (exact) mass is 494 g/mol. The highest BCUT2D eigenvalue weighted by Crippen LogP contribution is 2.37. The van der Waals surface area contributed by atoms with Crippen LogP contribution in [0.4, 0.5) is 14.5 Å². The molecule has 0 bridgehead atoms. The van der Waals surface area contributed by atoms with Crippen molar-refractivity contribution in [2.45, 2.75) is 39.2 Å². The lowest BCUT2D eigenvalue weighted by Crippen LogP contribution is -2.30. The molecule has 33 heavy (non-hydrogen) atoms. The molecule has 9 nitrogen and oxygen atoms in total. The predicted octanol–water partition coefficient (Wildman–Crippen LogP) is 5.73. The number of aromatic nitrogens is 2. The minimum atomic E-state index is -0.923. The molecule has 174 valence electrons. The predicted molar refractivity (Wildman–Crippen MR) is 122 cm³/mol. The second-order valence-electron chi connectivity index (χ2n) is 7.94. The van der Waals surface area contributed by atoms with Crippen LogP contribution in [0, 0.1) is 15.9 Å². The first kappa shape index (κ1) is 24.3. The van der Waals surface area contributed by atoms with Crippen LogP contribution in [0.25, 0.3) is 0 Å². The Morgan fingerprint density at radius 1 is 1.27 bits per heavy atom. The van der Waals surface area contributed by atoms with E-state index < -0.39 is 28.2 Å². The van der Waals surface area contributed by atoms with Crippen molar-refractivity contribution in [3.05, 3.63) is 63.2 Å². The molecule has 3 aromatic rings. The van der Waals surface area contributed by atoms with Gasteiger partial charge in [-0.25, -0.2) is 14.4 Å². The lowest BCUT2D eigenvalue weighted by Gasteiger charge is -2.15. The molecule has 12 heteroatoms. The quantitative estimate of drug-likeness (QED) is 0.329. The topological polar surface area (TPSA) is 116 Å². The van der Waals surface area contributed by atoms with E-state index in [1.165, 1.54) is 25.3 Å². The Labute approximate surface area is 197 Å². The number of rotatable bonds is 7. The zero-order valence-corrected chi connectivity index (χ0v) is 19.7.